The van der Waals surface area contributed by atoms with E-state index in [1.54, 1.807) is 0 Å². The predicted molar refractivity (Wildman–Crippen MR) is 74.8 cm³/mol. The van der Waals surface area contributed by atoms with Crippen LogP contribution in [0.3, 0.4) is 0 Å². The number of carbonyl (C=O) groups is 1. The number of benzene rings is 1. The van der Waals surface area contributed by atoms with Gasteiger partial charge < -0.3 is 4.90 Å². The summed E-state index contributed by atoms with van der Waals surface area (Å²) in [6.45, 7) is 10.2. The van der Waals surface area contributed by atoms with E-state index in [2.05, 4.69) is 0 Å². The van der Waals surface area contributed by atoms with Crippen LogP contribution in [0.1, 0.15) is 68.5 Å². The van der Waals surface area contributed by atoms with Gasteiger partial charge in [-0.05, 0) is 37.3 Å². The van der Waals surface area contributed by atoms with Crippen LogP contribution >= 0.6 is 0 Å². The number of carbonyl (C=O) groups excluding carboxylic acids is 1. The number of hydrogen-bond acceptors (Lipinski definition) is 1. The minimum Gasteiger partial charge on any atom is -0.329 e. The summed E-state index contributed by atoms with van der Waals surface area (Å²) in [6, 6.07) is -0.454. The van der Waals surface area contributed by atoms with Crippen molar-refractivity contribution in [3.8, 4) is 0 Å². The summed E-state index contributed by atoms with van der Waals surface area (Å²) in [5.74, 6) is -0.311. The first kappa shape index (κ1) is 8.73. The Morgan fingerprint density at radius 3 is 2.33 bits per heavy atom. The van der Waals surface area contributed by atoms with Crippen LogP contribution in [0.5, 0.6) is 0 Å². The fourth-order valence-corrected chi connectivity index (χ4v) is 2.11. The molecule has 1 aromatic rings. The molecule has 98 valence electrons. The molecule has 0 bridgehead atoms. The van der Waals surface area contributed by atoms with Crippen LogP contribution in [0.4, 0.5) is 0 Å². The maximum atomic E-state index is 12.9. The summed E-state index contributed by atoms with van der Waals surface area (Å²) < 4.78 is 32.8. The number of hydrogen-bond donors (Lipinski definition) is 0. The molecule has 0 N–H and O–H groups in total. The summed E-state index contributed by atoms with van der Waals surface area (Å²) in [6.07, 6.45) is 0. The molecule has 2 heteroatoms. The van der Waals surface area contributed by atoms with E-state index in [0.717, 1.165) is 0 Å². The molecular weight excluding hydrogens is 222 g/mol. The van der Waals surface area contributed by atoms with Crippen LogP contribution in [0, 0.1) is 0 Å². The molecule has 0 aromatic heterocycles. The van der Waals surface area contributed by atoms with Gasteiger partial charge in [-0.15, -0.1) is 0 Å². The fraction of sp³-hybridized carbons (Fsp3) is 0.562. The van der Waals surface area contributed by atoms with Crippen molar-refractivity contribution in [2.75, 3.05) is 0 Å². The van der Waals surface area contributed by atoms with E-state index in [9.17, 15) is 4.79 Å². The highest BCUT2D eigenvalue weighted by Crippen LogP contribution is 2.35. The molecule has 0 aliphatic carbocycles. The molecule has 1 amide bonds. The number of rotatable bonds is 0. The van der Waals surface area contributed by atoms with Gasteiger partial charge in [0.05, 0.1) is 5.48 Å². The molecule has 0 radical (unpaired) electrons. The smallest absolute Gasteiger partial charge is 0.255 e. The Balaban J connectivity index is 2.89. The minimum atomic E-state index is -0.999. The van der Waals surface area contributed by atoms with Crippen LogP contribution in [0.2, 0.25) is 0 Å². The van der Waals surface area contributed by atoms with Gasteiger partial charge in [0.1, 0.15) is 0 Å². The van der Waals surface area contributed by atoms with E-state index in [4.69, 9.17) is 5.48 Å². The Kier molecular flexibility index (Phi) is 1.86. The maximum Gasteiger partial charge on any atom is 0.255 e. The van der Waals surface area contributed by atoms with Crippen LogP contribution in [0.25, 0.3) is 0 Å². The van der Waals surface area contributed by atoms with Gasteiger partial charge in [-0.25, -0.2) is 0 Å². The summed E-state index contributed by atoms with van der Waals surface area (Å²) >= 11 is 0. The summed E-state index contributed by atoms with van der Waals surface area (Å²) in [5, 5.41) is 0. The molecule has 0 saturated carbocycles. The minimum absolute atomic E-state index is 0.0763. The molecule has 1 heterocycles. The summed E-state index contributed by atoms with van der Waals surface area (Å²) in [5.41, 5.74) is -0.0422. The first-order chi connectivity index (χ1) is 9.80. The van der Waals surface area contributed by atoms with Crippen molar-refractivity contribution in [3.05, 3.63) is 34.8 Å². The molecule has 0 saturated heterocycles. The van der Waals surface area contributed by atoms with Crippen molar-refractivity contribution in [3.63, 3.8) is 0 Å². The lowest BCUT2D eigenvalue weighted by Crippen LogP contribution is -2.41. The highest BCUT2D eigenvalue weighted by molar-refractivity contribution is 6.00. The quantitative estimate of drug-likeness (QED) is 0.686. The van der Waals surface area contributed by atoms with Gasteiger partial charge in [-0.3, -0.25) is 4.79 Å². The topological polar surface area (TPSA) is 20.3 Å². The Hall–Kier alpha value is -1.31. The SMILES string of the molecule is [2H]c1c([2H])c2c(c(C(C)(C)C)c1[2H])C(=O)N(C(C)(C)C)C2[2H]. The lowest BCUT2D eigenvalue weighted by molar-refractivity contribution is 0.0608. The molecule has 1 aromatic carbocycles. The number of nitrogens with zero attached hydrogens (tertiary/aromatic N) is 1. The standard InChI is InChI=1S/C16H23NO/c1-15(2,3)12-9-7-8-11-10-17(16(4,5)6)14(18)13(11)12/h7-9H,10H2,1-6H3/i7D,8D,9D,10D. The van der Waals surface area contributed by atoms with Gasteiger partial charge in [0.25, 0.3) is 5.91 Å². The van der Waals surface area contributed by atoms with Crippen molar-refractivity contribution in [1.29, 1.82) is 0 Å². The third kappa shape index (κ3) is 2.05. The largest absolute Gasteiger partial charge is 0.329 e. The highest BCUT2D eigenvalue weighted by atomic mass is 16.2. The lowest BCUT2D eigenvalue weighted by atomic mass is 9.82. The average molecular weight is 249 g/mol. The predicted octanol–water partition coefficient (Wildman–Crippen LogP) is 3.74. The van der Waals surface area contributed by atoms with Crippen LogP contribution in [0.15, 0.2) is 18.1 Å². The summed E-state index contributed by atoms with van der Waals surface area (Å²) in [7, 11) is 0. The highest BCUT2D eigenvalue weighted by Gasteiger charge is 2.37. The second-order valence-electron chi connectivity index (χ2n) is 6.76. The van der Waals surface area contributed by atoms with Crippen LogP contribution in [-0.4, -0.2) is 16.3 Å². The number of amides is 1. The van der Waals surface area contributed by atoms with Crippen molar-refractivity contribution in [1.82, 2.24) is 4.90 Å². The fourth-order valence-electron chi connectivity index (χ4n) is 2.11. The monoisotopic (exact) mass is 249 g/mol. The van der Waals surface area contributed by atoms with Gasteiger partial charge in [0.15, 0.2) is 0 Å². The Labute approximate surface area is 116 Å². The molecule has 0 fully saturated rings. The molecule has 1 aliphatic rings. The van der Waals surface area contributed by atoms with Gasteiger partial charge in [0.2, 0.25) is 0 Å². The molecule has 2 nitrogen and oxygen atoms in total. The van der Waals surface area contributed by atoms with E-state index in [1.165, 1.54) is 4.90 Å². The first-order valence-electron chi connectivity index (χ1n) is 8.28. The Bertz CT molecular complexity index is 656. The zero-order valence-corrected chi connectivity index (χ0v) is 11.9. The van der Waals surface area contributed by atoms with Crippen molar-refractivity contribution < 1.29 is 10.3 Å². The molecule has 1 aliphatic heterocycles. The Morgan fingerprint density at radius 2 is 1.83 bits per heavy atom. The van der Waals surface area contributed by atoms with Crippen LogP contribution < -0.4 is 0 Å². The third-order valence-corrected chi connectivity index (χ3v) is 3.07. The van der Waals surface area contributed by atoms with Gasteiger partial charge >= 0.3 is 0 Å². The van der Waals surface area contributed by atoms with Crippen molar-refractivity contribution in [2.24, 2.45) is 0 Å². The van der Waals surface area contributed by atoms with E-state index < -0.39 is 17.5 Å². The molecule has 2 rings (SSSR count). The average Bonchev–Trinajstić information content (AvgIpc) is 2.56. The van der Waals surface area contributed by atoms with Gasteiger partial charge in [0, 0.05) is 17.6 Å². The molecule has 1 atom stereocenters. The van der Waals surface area contributed by atoms with Crippen molar-refractivity contribution >= 4 is 5.91 Å². The molecule has 18 heavy (non-hydrogen) atoms. The van der Waals surface area contributed by atoms with Gasteiger partial charge in [-0.1, -0.05) is 38.9 Å². The zero-order chi connectivity index (χ0) is 17.2. The van der Waals surface area contributed by atoms with E-state index in [1.807, 2.05) is 41.5 Å². The van der Waals surface area contributed by atoms with Gasteiger partial charge in [-0.2, -0.15) is 0 Å². The third-order valence-electron chi connectivity index (χ3n) is 3.07. The van der Waals surface area contributed by atoms with E-state index >= 15 is 0 Å². The zero-order valence-electron chi connectivity index (χ0n) is 15.9. The first-order valence-corrected chi connectivity index (χ1v) is 6.20. The van der Waals surface area contributed by atoms with E-state index in [-0.39, 0.29) is 35.2 Å². The van der Waals surface area contributed by atoms with Crippen LogP contribution in [-0.2, 0) is 11.9 Å². The van der Waals surface area contributed by atoms with E-state index in [0.29, 0.717) is 5.56 Å². The normalized spacial score (nSPS) is 23.3. The summed E-state index contributed by atoms with van der Waals surface area (Å²) in [4.78, 5) is 14.3. The molecule has 0 spiro atoms. The second kappa shape index (κ2) is 3.84. The Morgan fingerprint density at radius 1 is 1.22 bits per heavy atom. The lowest BCUT2D eigenvalue weighted by Gasteiger charge is -2.32. The number of fused-ring (bicyclic) bond motifs is 1. The molecule has 1 unspecified atom stereocenters. The van der Waals surface area contributed by atoms with Crippen molar-refractivity contribution in [2.45, 2.75) is 59.0 Å². The second-order valence-corrected chi connectivity index (χ2v) is 6.76. The molecular formula is C16H23NO. The maximum absolute atomic E-state index is 12.9.